The lowest BCUT2D eigenvalue weighted by Crippen LogP contribution is -2.55. The number of amides is 3. The second kappa shape index (κ2) is 14.0. The summed E-state index contributed by atoms with van der Waals surface area (Å²) >= 11 is 0. The van der Waals surface area contributed by atoms with Crippen LogP contribution in [0.2, 0.25) is 0 Å². The van der Waals surface area contributed by atoms with E-state index in [4.69, 9.17) is 4.74 Å². The molecule has 10 heteroatoms. The molecular formula is C30H41N3O7. The fourth-order valence-electron chi connectivity index (χ4n) is 4.89. The molecule has 0 saturated heterocycles. The molecule has 40 heavy (non-hydrogen) atoms. The minimum atomic E-state index is -1.26. The van der Waals surface area contributed by atoms with Crippen molar-refractivity contribution in [2.45, 2.75) is 83.0 Å². The number of carbonyl (C=O) groups excluding carboxylic acids is 3. The van der Waals surface area contributed by atoms with E-state index in [-0.39, 0.29) is 36.1 Å². The van der Waals surface area contributed by atoms with Gasteiger partial charge in [0.1, 0.15) is 29.2 Å². The second-order valence-electron chi connectivity index (χ2n) is 11.1. The Balaban J connectivity index is 1.99. The van der Waals surface area contributed by atoms with Crippen molar-refractivity contribution in [3.05, 3.63) is 59.7 Å². The maximum absolute atomic E-state index is 14.2. The van der Waals surface area contributed by atoms with Crippen molar-refractivity contribution < 1.29 is 34.4 Å². The Morgan fingerprint density at radius 2 is 1.65 bits per heavy atom. The molecule has 1 aliphatic rings. The molecule has 5 N–H and O–H groups in total. The van der Waals surface area contributed by atoms with Crippen LogP contribution in [0, 0.1) is 0 Å². The number of hydrogen-bond acceptors (Lipinski definition) is 7. The predicted molar refractivity (Wildman–Crippen MR) is 150 cm³/mol. The summed E-state index contributed by atoms with van der Waals surface area (Å²) in [4.78, 5) is 41.9. The Labute approximate surface area is 235 Å². The fourth-order valence-corrected chi connectivity index (χ4v) is 4.89. The zero-order valence-electron chi connectivity index (χ0n) is 23.4. The third-order valence-corrected chi connectivity index (χ3v) is 6.73. The highest BCUT2D eigenvalue weighted by Gasteiger charge is 2.38. The number of aliphatic hydroxyl groups excluding tert-OH is 1. The lowest BCUT2D eigenvalue weighted by molar-refractivity contribution is -0.143. The Morgan fingerprint density at radius 3 is 2.25 bits per heavy atom. The molecular weight excluding hydrogens is 514 g/mol. The summed E-state index contributed by atoms with van der Waals surface area (Å²) in [5.74, 6) is -1.24. The molecule has 1 saturated carbocycles. The number of phenolic OH excluding ortho intramolecular Hbond substituents is 2. The number of phenols is 2. The average molecular weight is 556 g/mol. The van der Waals surface area contributed by atoms with Crippen molar-refractivity contribution in [3.8, 4) is 11.5 Å². The summed E-state index contributed by atoms with van der Waals surface area (Å²) in [6.45, 7) is 4.42. The van der Waals surface area contributed by atoms with Gasteiger partial charge in [-0.25, -0.2) is 4.79 Å². The fraction of sp³-hybridized carbons (Fsp3) is 0.500. The van der Waals surface area contributed by atoms with Gasteiger partial charge in [0, 0.05) is 24.6 Å². The number of nitrogens with zero attached hydrogens (tertiary/aromatic N) is 1. The molecule has 3 rings (SSSR count). The minimum Gasteiger partial charge on any atom is -0.508 e. The quantitative estimate of drug-likeness (QED) is 0.301. The van der Waals surface area contributed by atoms with Gasteiger partial charge in [0.2, 0.25) is 11.8 Å². The number of aliphatic hydroxyl groups is 1. The number of nitrogens with one attached hydrogen (secondary N) is 2. The Bertz CT molecular complexity index is 1140. The minimum absolute atomic E-state index is 0.0258. The van der Waals surface area contributed by atoms with Crippen LogP contribution in [0.15, 0.2) is 48.5 Å². The van der Waals surface area contributed by atoms with E-state index in [0.717, 1.165) is 32.1 Å². The van der Waals surface area contributed by atoms with Crippen molar-refractivity contribution in [3.63, 3.8) is 0 Å². The van der Waals surface area contributed by atoms with Gasteiger partial charge in [-0.2, -0.15) is 0 Å². The SMILES string of the molecule is CC(C)(C)OC(=O)NC(Cc1ccc(O)cc1)C(=O)N(CCO)C(C(=O)NC1CCCCC1)c1ccccc1O. The second-order valence-corrected chi connectivity index (χ2v) is 11.1. The zero-order chi connectivity index (χ0) is 29.3. The van der Waals surface area contributed by atoms with Crippen molar-refractivity contribution in [2.24, 2.45) is 0 Å². The van der Waals surface area contributed by atoms with Gasteiger partial charge in [0.25, 0.3) is 0 Å². The Hall–Kier alpha value is -3.79. The van der Waals surface area contributed by atoms with Crippen molar-refractivity contribution in [2.75, 3.05) is 13.2 Å². The van der Waals surface area contributed by atoms with E-state index in [1.165, 1.54) is 23.1 Å². The lowest BCUT2D eigenvalue weighted by Gasteiger charge is -2.35. The molecule has 2 aromatic carbocycles. The Kier molecular flexibility index (Phi) is 10.8. The number of hydrogen-bond donors (Lipinski definition) is 5. The summed E-state index contributed by atoms with van der Waals surface area (Å²) in [5, 5.41) is 36.0. The van der Waals surface area contributed by atoms with Crippen LogP contribution in [0.1, 0.15) is 70.0 Å². The number of ether oxygens (including phenoxy) is 1. The first kappa shape index (κ1) is 30.7. The standard InChI is InChI=1S/C30H41N3O7/c1-30(2,3)40-29(39)32-24(19-20-13-15-22(35)16-14-20)28(38)33(17-18-34)26(23-11-7-8-12-25(23)36)27(37)31-21-9-5-4-6-10-21/h7-8,11-16,21,24,26,34-36H,4-6,9-10,17-19H2,1-3H3,(H,31,37)(H,32,39). The van der Waals surface area contributed by atoms with Crippen LogP contribution in [0.3, 0.4) is 0 Å². The third-order valence-electron chi connectivity index (χ3n) is 6.73. The summed E-state index contributed by atoms with van der Waals surface area (Å²) in [6.07, 6.45) is 3.91. The zero-order valence-corrected chi connectivity index (χ0v) is 23.4. The van der Waals surface area contributed by atoms with E-state index in [1.807, 2.05) is 0 Å². The molecule has 1 fully saturated rings. The number of para-hydroxylation sites is 1. The summed E-state index contributed by atoms with van der Waals surface area (Å²) < 4.78 is 5.40. The summed E-state index contributed by atoms with van der Waals surface area (Å²) in [7, 11) is 0. The number of benzene rings is 2. The van der Waals surface area contributed by atoms with Crippen LogP contribution in [-0.4, -0.2) is 69.0 Å². The molecule has 0 aliphatic heterocycles. The number of aromatic hydroxyl groups is 2. The molecule has 1 aliphatic carbocycles. The number of rotatable bonds is 10. The predicted octanol–water partition coefficient (Wildman–Crippen LogP) is 3.54. The van der Waals surface area contributed by atoms with E-state index >= 15 is 0 Å². The van der Waals surface area contributed by atoms with Gasteiger partial charge in [-0.1, -0.05) is 49.6 Å². The van der Waals surface area contributed by atoms with E-state index in [2.05, 4.69) is 10.6 Å². The van der Waals surface area contributed by atoms with Gasteiger partial charge < -0.3 is 35.6 Å². The maximum Gasteiger partial charge on any atom is 0.408 e. The van der Waals surface area contributed by atoms with Crippen molar-refractivity contribution in [1.29, 1.82) is 0 Å². The summed E-state index contributed by atoms with van der Waals surface area (Å²) in [5.41, 5.74) is 0.0272. The smallest absolute Gasteiger partial charge is 0.408 e. The van der Waals surface area contributed by atoms with E-state index in [0.29, 0.717) is 5.56 Å². The first-order valence-electron chi connectivity index (χ1n) is 13.8. The van der Waals surface area contributed by atoms with Crippen molar-refractivity contribution in [1.82, 2.24) is 15.5 Å². The van der Waals surface area contributed by atoms with Crippen molar-refractivity contribution >= 4 is 17.9 Å². The number of carbonyl (C=O) groups is 3. The third kappa shape index (κ3) is 8.87. The molecule has 2 atom stereocenters. The molecule has 0 aromatic heterocycles. The molecule has 0 heterocycles. The number of alkyl carbamates (subject to hydrolysis) is 1. The van der Waals surface area contributed by atoms with Gasteiger partial charge in [-0.15, -0.1) is 0 Å². The first-order chi connectivity index (χ1) is 19.0. The highest BCUT2D eigenvalue weighted by molar-refractivity contribution is 5.92. The molecule has 2 aromatic rings. The highest BCUT2D eigenvalue weighted by Crippen LogP contribution is 2.31. The monoisotopic (exact) mass is 555 g/mol. The molecule has 10 nitrogen and oxygen atoms in total. The molecule has 218 valence electrons. The highest BCUT2D eigenvalue weighted by atomic mass is 16.6. The van der Waals surface area contributed by atoms with E-state index in [1.54, 1.807) is 51.1 Å². The van der Waals surface area contributed by atoms with E-state index in [9.17, 15) is 29.7 Å². The largest absolute Gasteiger partial charge is 0.508 e. The summed E-state index contributed by atoms with van der Waals surface area (Å²) in [6, 6.07) is 9.96. The molecule has 2 unspecified atom stereocenters. The van der Waals surface area contributed by atoms with Crippen LogP contribution < -0.4 is 10.6 Å². The normalized spacial score (nSPS) is 15.5. The molecule has 0 bridgehead atoms. The lowest BCUT2D eigenvalue weighted by atomic mass is 9.94. The van der Waals surface area contributed by atoms with Gasteiger partial charge in [0.05, 0.1) is 6.61 Å². The van der Waals surface area contributed by atoms with Crippen LogP contribution >= 0.6 is 0 Å². The van der Waals surface area contributed by atoms with Gasteiger partial charge in [0.15, 0.2) is 0 Å². The molecule has 0 radical (unpaired) electrons. The van der Waals surface area contributed by atoms with E-state index < -0.39 is 42.2 Å². The van der Waals surface area contributed by atoms with Gasteiger partial charge >= 0.3 is 6.09 Å². The van der Waals surface area contributed by atoms with Gasteiger partial charge in [-0.3, -0.25) is 9.59 Å². The first-order valence-corrected chi connectivity index (χ1v) is 13.8. The van der Waals surface area contributed by atoms with Crippen LogP contribution in [0.25, 0.3) is 0 Å². The Morgan fingerprint density at radius 1 is 1.00 bits per heavy atom. The average Bonchev–Trinajstić information content (AvgIpc) is 2.89. The van der Waals surface area contributed by atoms with Crippen LogP contribution in [0.5, 0.6) is 11.5 Å². The van der Waals surface area contributed by atoms with Crippen LogP contribution in [0.4, 0.5) is 4.79 Å². The van der Waals surface area contributed by atoms with Crippen LogP contribution in [-0.2, 0) is 20.7 Å². The van der Waals surface area contributed by atoms with Gasteiger partial charge in [-0.05, 0) is 57.4 Å². The topological polar surface area (TPSA) is 148 Å². The molecule has 0 spiro atoms. The maximum atomic E-state index is 14.2. The molecule has 3 amide bonds.